The van der Waals surface area contributed by atoms with E-state index < -0.39 is 53.8 Å². The zero-order chi connectivity index (χ0) is 27.6. The molecule has 0 aromatic carbocycles. The molecule has 2 N–H and O–H groups in total. The van der Waals surface area contributed by atoms with Crippen molar-refractivity contribution in [3.63, 3.8) is 0 Å². The number of esters is 1. The van der Waals surface area contributed by atoms with Crippen LogP contribution in [0.2, 0.25) is 0 Å². The van der Waals surface area contributed by atoms with Crippen molar-refractivity contribution in [1.29, 1.82) is 0 Å². The third kappa shape index (κ3) is 10.2. The van der Waals surface area contributed by atoms with Crippen LogP contribution in [0.3, 0.4) is 0 Å². The van der Waals surface area contributed by atoms with Crippen molar-refractivity contribution in [2.24, 2.45) is 11.8 Å². The fraction of sp³-hybridized carbons (Fsp3) is 0.864. The molecule has 0 aromatic rings. The summed E-state index contributed by atoms with van der Waals surface area (Å²) in [7, 11) is 0. The Balaban J connectivity index is 5.57. The molecule has 0 fully saturated rings. The summed E-state index contributed by atoms with van der Waals surface area (Å²) in [6.45, 7) is 8.53. The van der Waals surface area contributed by atoms with Crippen molar-refractivity contribution in [1.82, 2.24) is 10.6 Å². The zero-order valence-corrected chi connectivity index (χ0v) is 20.5. The number of carbonyl (C=O) groups excluding carboxylic acids is 3. The summed E-state index contributed by atoms with van der Waals surface area (Å²) in [4.78, 5) is 36.9. The van der Waals surface area contributed by atoms with E-state index in [0.29, 0.717) is 6.42 Å². The number of unbranched alkanes of at least 4 members (excludes halogenated alkanes) is 3. The van der Waals surface area contributed by atoms with Crippen molar-refractivity contribution in [3.8, 4) is 0 Å². The number of rotatable bonds is 15. The van der Waals surface area contributed by atoms with Gasteiger partial charge in [0.15, 0.2) is 0 Å². The minimum atomic E-state index is -6.70. The predicted molar refractivity (Wildman–Crippen MR) is 114 cm³/mol. The first-order valence-corrected chi connectivity index (χ1v) is 11.5. The van der Waals surface area contributed by atoms with Gasteiger partial charge in [-0.05, 0) is 31.1 Å². The molecule has 13 heteroatoms. The van der Waals surface area contributed by atoms with Gasteiger partial charge >= 0.3 is 24.0 Å². The molecule has 0 saturated heterocycles. The van der Waals surface area contributed by atoms with Crippen molar-refractivity contribution >= 4 is 17.8 Å². The lowest BCUT2D eigenvalue weighted by molar-refractivity contribution is -0.344. The Labute approximate surface area is 200 Å². The quantitative estimate of drug-likeness (QED) is 0.179. The molecule has 0 saturated carbocycles. The van der Waals surface area contributed by atoms with Crippen LogP contribution in [0.15, 0.2) is 0 Å². The van der Waals surface area contributed by atoms with Crippen molar-refractivity contribution in [2.45, 2.75) is 103 Å². The molecule has 6 nitrogen and oxygen atoms in total. The van der Waals surface area contributed by atoms with Gasteiger partial charge in [-0.15, -0.1) is 0 Å². The standard InChI is InChI=1S/C22H35F7N2O4/c1-6-7-8-9-10-35-18(33)16(12-14(4)5)30-17(32)15(11-13(2)3)31-19(34)20(23,24)21(25,26)22(27,28)29/h13-16H,6-12H2,1-5H3,(H,30,32)(H,31,34). The third-order valence-electron chi connectivity index (χ3n) is 4.91. The molecule has 0 bridgehead atoms. The van der Waals surface area contributed by atoms with Crippen LogP contribution < -0.4 is 10.6 Å². The van der Waals surface area contributed by atoms with Crippen LogP contribution in [0.5, 0.6) is 0 Å². The Kier molecular flexibility index (Phi) is 13.0. The average molecular weight is 525 g/mol. The first kappa shape index (κ1) is 32.9. The van der Waals surface area contributed by atoms with E-state index in [0.717, 1.165) is 19.3 Å². The van der Waals surface area contributed by atoms with Crippen LogP contribution in [0, 0.1) is 11.8 Å². The molecule has 2 unspecified atom stereocenters. The Hall–Kier alpha value is -2.08. The molecular formula is C22H35F7N2O4. The molecule has 0 aliphatic carbocycles. The van der Waals surface area contributed by atoms with Crippen LogP contribution in [0.25, 0.3) is 0 Å². The molecule has 0 spiro atoms. The number of carbonyl (C=O) groups is 3. The normalized spacial score (nSPS) is 14.6. The van der Waals surface area contributed by atoms with E-state index in [9.17, 15) is 45.1 Å². The SMILES string of the molecule is CCCCCCOC(=O)C(CC(C)C)NC(=O)C(CC(C)C)NC(=O)C(F)(F)C(F)(F)C(F)(F)F. The summed E-state index contributed by atoms with van der Waals surface area (Å²) in [5, 5.41) is 3.55. The van der Waals surface area contributed by atoms with Gasteiger partial charge in [0, 0.05) is 0 Å². The van der Waals surface area contributed by atoms with Gasteiger partial charge in [0.25, 0.3) is 5.91 Å². The highest BCUT2D eigenvalue weighted by atomic mass is 19.4. The molecule has 2 amide bonds. The predicted octanol–water partition coefficient (Wildman–Crippen LogP) is 5.00. The maximum Gasteiger partial charge on any atom is 0.460 e. The van der Waals surface area contributed by atoms with Gasteiger partial charge in [-0.3, -0.25) is 9.59 Å². The van der Waals surface area contributed by atoms with Gasteiger partial charge < -0.3 is 15.4 Å². The summed E-state index contributed by atoms with van der Waals surface area (Å²) < 4.78 is 96.3. The smallest absolute Gasteiger partial charge is 0.460 e. The van der Waals surface area contributed by atoms with Crippen molar-refractivity contribution in [2.75, 3.05) is 6.61 Å². The first-order chi connectivity index (χ1) is 15.9. The molecule has 0 heterocycles. The van der Waals surface area contributed by atoms with Crippen molar-refractivity contribution in [3.05, 3.63) is 0 Å². The highest BCUT2D eigenvalue weighted by Crippen LogP contribution is 2.46. The zero-order valence-electron chi connectivity index (χ0n) is 20.5. The third-order valence-corrected chi connectivity index (χ3v) is 4.91. The Morgan fingerprint density at radius 1 is 0.771 bits per heavy atom. The second-order valence-electron chi connectivity index (χ2n) is 9.22. The topological polar surface area (TPSA) is 84.5 Å². The van der Waals surface area contributed by atoms with Crippen LogP contribution in [-0.4, -0.2) is 54.5 Å². The summed E-state index contributed by atoms with van der Waals surface area (Å²) in [6.07, 6.45) is -3.72. The lowest BCUT2D eigenvalue weighted by atomic mass is 10.00. The maximum absolute atomic E-state index is 13.8. The van der Waals surface area contributed by atoms with Gasteiger partial charge in [0.1, 0.15) is 12.1 Å². The largest absolute Gasteiger partial charge is 0.464 e. The fourth-order valence-electron chi connectivity index (χ4n) is 3.03. The number of halogens is 7. The van der Waals surface area contributed by atoms with E-state index in [4.69, 9.17) is 4.74 Å². The molecule has 0 aliphatic heterocycles. The van der Waals surface area contributed by atoms with E-state index in [-0.39, 0.29) is 25.4 Å². The number of hydrogen-bond donors (Lipinski definition) is 2. The van der Waals surface area contributed by atoms with Crippen molar-refractivity contribution < 1.29 is 49.9 Å². The van der Waals surface area contributed by atoms with Gasteiger partial charge in [0.05, 0.1) is 6.61 Å². The lowest BCUT2D eigenvalue weighted by Gasteiger charge is -2.29. The highest BCUT2D eigenvalue weighted by Gasteiger charge is 2.76. The number of hydrogen-bond acceptors (Lipinski definition) is 4. The van der Waals surface area contributed by atoms with E-state index in [1.165, 1.54) is 19.2 Å². The van der Waals surface area contributed by atoms with Crippen LogP contribution in [-0.2, 0) is 19.1 Å². The van der Waals surface area contributed by atoms with E-state index >= 15 is 0 Å². The molecule has 0 rings (SSSR count). The first-order valence-electron chi connectivity index (χ1n) is 11.5. The molecule has 0 radical (unpaired) electrons. The number of ether oxygens (including phenoxy) is 1. The van der Waals surface area contributed by atoms with Crippen LogP contribution >= 0.6 is 0 Å². The number of alkyl halides is 7. The summed E-state index contributed by atoms with van der Waals surface area (Å²) >= 11 is 0. The Morgan fingerprint density at radius 2 is 1.29 bits per heavy atom. The maximum atomic E-state index is 13.8. The fourth-order valence-corrected chi connectivity index (χ4v) is 3.03. The summed E-state index contributed by atoms with van der Waals surface area (Å²) in [6, 6.07) is -3.14. The summed E-state index contributed by atoms with van der Waals surface area (Å²) in [5.74, 6) is -18.4. The Bertz CT molecular complexity index is 698. The monoisotopic (exact) mass is 524 g/mol. The Morgan fingerprint density at radius 3 is 1.74 bits per heavy atom. The van der Waals surface area contributed by atoms with Gasteiger partial charge in [0.2, 0.25) is 5.91 Å². The lowest BCUT2D eigenvalue weighted by Crippen LogP contribution is -2.62. The average Bonchev–Trinajstić information content (AvgIpc) is 2.70. The second-order valence-corrected chi connectivity index (χ2v) is 9.22. The van der Waals surface area contributed by atoms with E-state index in [2.05, 4.69) is 5.32 Å². The van der Waals surface area contributed by atoms with Gasteiger partial charge in [-0.2, -0.15) is 30.7 Å². The minimum Gasteiger partial charge on any atom is -0.464 e. The van der Waals surface area contributed by atoms with Gasteiger partial charge in [-0.25, -0.2) is 4.79 Å². The second kappa shape index (κ2) is 13.9. The molecule has 35 heavy (non-hydrogen) atoms. The number of nitrogens with one attached hydrogen (secondary N) is 2. The van der Waals surface area contributed by atoms with Crippen LogP contribution in [0.4, 0.5) is 30.7 Å². The van der Waals surface area contributed by atoms with Gasteiger partial charge in [-0.1, -0.05) is 53.9 Å². The minimum absolute atomic E-state index is 0.0736. The number of amides is 2. The highest BCUT2D eigenvalue weighted by molar-refractivity contribution is 5.93. The molecule has 206 valence electrons. The van der Waals surface area contributed by atoms with E-state index in [1.807, 2.05) is 6.92 Å². The van der Waals surface area contributed by atoms with E-state index in [1.54, 1.807) is 13.8 Å². The van der Waals surface area contributed by atoms with Crippen LogP contribution in [0.1, 0.15) is 73.1 Å². The molecule has 0 aliphatic rings. The molecular weight excluding hydrogens is 489 g/mol. The molecule has 2 atom stereocenters. The molecule has 0 aromatic heterocycles. The summed E-state index contributed by atoms with van der Waals surface area (Å²) in [5.41, 5.74) is 0.